The summed E-state index contributed by atoms with van der Waals surface area (Å²) < 4.78 is 12.6. The van der Waals surface area contributed by atoms with Gasteiger partial charge in [-0.1, -0.05) is 48.6 Å². The molecule has 0 saturated carbocycles. The Morgan fingerprint density at radius 3 is 2.64 bits per heavy atom. The van der Waals surface area contributed by atoms with Gasteiger partial charge in [0.05, 0.1) is 6.33 Å². The molecule has 0 fully saturated rings. The molecule has 0 N–H and O–H groups in total. The van der Waals surface area contributed by atoms with E-state index in [4.69, 9.17) is 0 Å². The van der Waals surface area contributed by atoms with Crippen LogP contribution in [-0.4, -0.2) is 0 Å². The molecule has 0 bridgehead atoms. The standard InChI is InChI=1S/C13H11F/c14-10-12-8-4-5-9-13(12)11-6-2-1-3-7-11/h1-7,9-10H,8H2. The molecule has 0 aliphatic heterocycles. The molecule has 14 heavy (non-hydrogen) atoms. The number of allylic oxidation sites excluding steroid dienone is 5. The number of rotatable bonds is 1. The van der Waals surface area contributed by atoms with E-state index in [1.165, 1.54) is 0 Å². The summed E-state index contributed by atoms with van der Waals surface area (Å²) in [6.07, 6.45) is 7.25. The van der Waals surface area contributed by atoms with Gasteiger partial charge in [0.25, 0.3) is 0 Å². The van der Waals surface area contributed by atoms with Crippen LogP contribution < -0.4 is 0 Å². The largest absolute Gasteiger partial charge is 0.215 e. The van der Waals surface area contributed by atoms with Crippen LogP contribution in [-0.2, 0) is 0 Å². The van der Waals surface area contributed by atoms with E-state index < -0.39 is 0 Å². The van der Waals surface area contributed by atoms with Crippen molar-refractivity contribution < 1.29 is 4.39 Å². The second-order valence-corrected chi connectivity index (χ2v) is 3.21. The monoisotopic (exact) mass is 186 g/mol. The Morgan fingerprint density at radius 2 is 1.93 bits per heavy atom. The van der Waals surface area contributed by atoms with Gasteiger partial charge in [-0.2, -0.15) is 0 Å². The lowest BCUT2D eigenvalue weighted by atomic mass is 9.93. The number of hydrogen-bond donors (Lipinski definition) is 0. The molecule has 0 unspecified atom stereocenters. The minimum absolute atomic E-state index is 0.678. The minimum atomic E-state index is 0.678. The van der Waals surface area contributed by atoms with Crippen molar-refractivity contribution in [3.63, 3.8) is 0 Å². The Morgan fingerprint density at radius 1 is 1.14 bits per heavy atom. The minimum Gasteiger partial charge on any atom is -0.215 e. The topological polar surface area (TPSA) is 0 Å². The summed E-state index contributed by atoms with van der Waals surface area (Å²) in [6.45, 7) is 0. The number of halogens is 1. The first-order chi connectivity index (χ1) is 6.92. The van der Waals surface area contributed by atoms with Crippen molar-refractivity contribution in [2.24, 2.45) is 0 Å². The van der Waals surface area contributed by atoms with Crippen LogP contribution in [0.3, 0.4) is 0 Å². The molecule has 1 heteroatoms. The first-order valence-corrected chi connectivity index (χ1v) is 4.63. The maximum absolute atomic E-state index is 12.6. The molecular weight excluding hydrogens is 175 g/mol. The van der Waals surface area contributed by atoms with Gasteiger partial charge in [0.15, 0.2) is 0 Å². The highest BCUT2D eigenvalue weighted by Crippen LogP contribution is 2.28. The van der Waals surface area contributed by atoms with Crippen molar-refractivity contribution in [3.8, 4) is 0 Å². The molecule has 0 nitrogen and oxygen atoms in total. The van der Waals surface area contributed by atoms with Crippen molar-refractivity contribution >= 4 is 5.57 Å². The third-order valence-corrected chi connectivity index (χ3v) is 2.30. The highest BCUT2D eigenvalue weighted by molar-refractivity contribution is 5.81. The van der Waals surface area contributed by atoms with Crippen LogP contribution in [0.25, 0.3) is 5.57 Å². The molecule has 0 radical (unpaired) electrons. The van der Waals surface area contributed by atoms with Gasteiger partial charge in [-0.3, -0.25) is 0 Å². The highest BCUT2D eigenvalue weighted by atomic mass is 19.1. The summed E-state index contributed by atoms with van der Waals surface area (Å²) in [7, 11) is 0. The zero-order valence-electron chi connectivity index (χ0n) is 7.78. The molecule has 0 atom stereocenters. The average molecular weight is 186 g/mol. The Balaban J connectivity index is 2.43. The summed E-state index contributed by atoms with van der Waals surface area (Å²) in [5.41, 5.74) is 2.80. The fourth-order valence-electron chi connectivity index (χ4n) is 1.58. The van der Waals surface area contributed by atoms with E-state index in [9.17, 15) is 4.39 Å². The van der Waals surface area contributed by atoms with Crippen LogP contribution in [0.5, 0.6) is 0 Å². The summed E-state index contributed by atoms with van der Waals surface area (Å²) >= 11 is 0. The quantitative estimate of drug-likeness (QED) is 0.624. The SMILES string of the molecule is FC=C1CC=CC=C1c1ccccc1. The maximum Gasteiger partial charge on any atom is 0.0908 e. The van der Waals surface area contributed by atoms with Crippen LogP contribution in [0.2, 0.25) is 0 Å². The van der Waals surface area contributed by atoms with Crippen molar-refractivity contribution in [2.75, 3.05) is 0 Å². The smallest absolute Gasteiger partial charge is 0.0908 e. The molecule has 1 aliphatic carbocycles. The van der Waals surface area contributed by atoms with E-state index in [1.807, 2.05) is 48.6 Å². The van der Waals surface area contributed by atoms with Crippen molar-refractivity contribution in [1.29, 1.82) is 0 Å². The summed E-state index contributed by atoms with van der Waals surface area (Å²) in [5.74, 6) is 0. The van der Waals surface area contributed by atoms with Gasteiger partial charge >= 0.3 is 0 Å². The lowest BCUT2D eigenvalue weighted by Gasteiger charge is -2.11. The maximum atomic E-state index is 12.6. The Labute approximate surface area is 83.1 Å². The predicted molar refractivity (Wildman–Crippen MR) is 57.4 cm³/mol. The number of benzene rings is 1. The second-order valence-electron chi connectivity index (χ2n) is 3.21. The fraction of sp³-hybridized carbons (Fsp3) is 0.0769. The van der Waals surface area contributed by atoms with Gasteiger partial charge < -0.3 is 0 Å². The molecule has 1 aliphatic rings. The van der Waals surface area contributed by atoms with Gasteiger partial charge in [-0.15, -0.1) is 0 Å². The van der Waals surface area contributed by atoms with Crippen molar-refractivity contribution in [3.05, 3.63) is 66.0 Å². The predicted octanol–water partition coefficient (Wildman–Crippen LogP) is 3.88. The Hall–Kier alpha value is -1.63. The van der Waals surface area contributed by atoms with E-state index in [0.717, 1.165) is 16.7 Å². The first kappa shape index (κ1) is 8.95. The molecule has 1 aromatic rings. The summed E-state index contributed by atoms with van der Waals surface area (Å²) in [6, 6.07) is 9.87. The van der Waals surface area contributed by atoms with Crippen LogP contribution >= 0.6 is 0 Å². The second kappa shape index (κ2) is 4.05. The third-order valence-electron chi connectivity index (χ3n) is 2.30. The zero-order valence-corrected chi connectivity index (χ0v) is 7.78. The summed E-state index contributed by atoms with van der Waals surface area (Å²) in [4.78, 5) is 0. The number of hydrogen-bond acceptors (Lipinski definition) is 0. The third kappa shape index (κ3) is 1.67. The van der Waals surface area contributed by atoms with Crippen molar-refractivity contribution in [1.82, 2.24) is 0 Å². The molecule has 0 amide bonds. The molecule has 70 valence electrons. The van der Waals surface area contributed by atoms with Crippen LogP contribution in [0.4, 0.5) is 4.39 Å². The normalized spacial score (nSPS) is 18.4. The summed E-state index contributed by atoms with van der Waals surface area (Å²) in [5, 5.41) is 0. The van der Waals surface area contributed by atoms with Crippen molar-refractivity contribution in [2.45, 2.75) is 6.42 Å². The van der Waals surface area contributed by atoms with Crippen LogP contribution in [0.1, 0.15) is 12.0 Å². The van der Waals surface area contributed by atoms with Gasteiger partial charge in [0.2, 0.25) is 0 Å². The van der Waals surface area contributed by atoms with Gasteiger partial charge in [-0.05, 0) is 23.1 Å². The lowest BCUT2D eigenvalue weighted by Crippen LogP contribution is -1.91. The average Bonchev–Trinajstić information content (AvgIpc) is 2.30. The van der Waals surface area contributed by atoms with E-state index in [0.29, 0.717) is 12.8 Å². The molecule has 0 spiro atoms. The highest BCUT2D eigenvalue weighted by Gasteiger charge is 2.08. The molecule has 0 aromatic heterocycles. The Bertz CT molecular complexity index is 397. The molecular formula is C13H11F. The lowest BCUT2D eigenvalue weighted by molar-refractivity contribution is 0.711. The van der Waals surface area contributed by atoms with E-state index in [-0.39, 0.29) is 0 Å². The molecule has 2 rings (SSSR count). The van der Waals surface area contributed by atoms with Crippen LogP contribution in [0.15, 0.2) is 60.5 Å². The van der Waals surface area contributed by atoms with E-state index >= 15 is 0 Å². The molecule has 0 saturated heterocycles. The van der Waals surface area contributed by atoms with E-state index in [2.05, 4.69) is 0 Å². The van der Waals surface area contributed by atoms with Crippen LogP contribution in [0, 0.1) is 0 Å². The fourth-order valence-corrected chi connectivity index (χ4v) is 1.58. The molecule has 0 heterocycles. The zero-order chi connectivity index (χ0) is 9.80. The van der Waals surface area contributed by atoms with E-state index in [1.54, 1.807) is 0 Å². The van der Waals surface area contributed by atoms with Gasteiger partial charge in [0.1, 0.15) is 0 Å². The van der Waals surface area contributed by atoms with Gasteiger partial charge in [-0.25, -0.2) is 4.39 Å². The molecule has 1 aromatic carbocycles. The first-order valence-electron chi connectivity index (χ1n) is 4.63. The Kier molecular flexibility index (Phi) is 2.59. The van der Waals surface area contributed by atoms with Gasteiger partial charge in [0, 0.05) is 0 Å².